The number of ether oxygens (including phenoxy) is 2. The van der Waals surface area contributed by atoms with Crippen LogP contribution in [0.2, 0.25) is 0 Å². The number of nitrogens with one attached hydrogen (secondary N) is 2. The van der Waals surface area contributed by atoms with Gasteiger partial charge in [-0.05, 0) is 17.7 Å². The van der Waals surface area contributed by atoms with Crippen LogP contribution in [0.25, 0.3) is 0 Å². The van der Waals surface area contributed by atoms with E-state index in [1.165, 1.54) is 7.11 Å². The highest BCUT2D eigenvalue weighted by Crippen LogP contribution is 2.10. The number of methoxy groups -OCH3 is 2. The zero-order valence-electron chi connectivity index (χ0n) is 10.6. The fourth-order valence-corrected chi connectivity index (χ4v) is 1.54. The third-order valence-electron chi connectivity index (χ3n) is 2.38. The first-order valence-electron chi connectivity index (χ1n) is 5.58. The average Bonchev–Trinajstić information content (AvgIpc) is 2.87. The standard InChI is InChI=1S/C12H14N4O3/c1-18-7-8-4-3-5-9(6-8)10(17)13-11-14-12(19-2)16-15-11/h3-6H,7H2,1-2H3,(H2,13,14,15,16,17). The number of aromatic nitrogens is 3. The van der Waals surface area contributed by atoms with Gasteiger partial charge in [-0.15, -0.1) is 5.10 Å². The Kier molecular flexibility index (Phi) is 4.09. The average molecular weight is 262 g/mol. The van der Waals surface area contributed by atoms with Crippen molar-refractivity contribution in [1.82, 2.24) is 15.2 Å². The molecule has 19 heavy (non-hydrogen) atoms. The Labute approximate surface area is 110 Å². The Morgan fingerprint density at radius 1 is 1.42 bits per heavy atom. The Bertz CT molecular complexity index is 568. The molecule has 0 atom stereocenters. The number of H-pyrrole nitrogens is 1. The predicted molar refractivity (Wildman–Crippen MR) is 68.0 cm³/mol. The minimum Gasteiger partial charge on any atom is -0.466 e. The van der Waals surface area contributed by atoms with Gasteiger partial charge in [-0.1, -0.05) is 12.1 Å². The lowest BCUT2D eigenvalue weighted by Crippen LogP contribution is -2.13. The van der Waals surface area contributed by atoms with Crippen LogP contribution >= 0.6 is 0 Å². The van der Waals surface area contributed by atoms with Gasteiger partial charge in [-0.25, -0.2) is 5.10 Å². The molecule has 7 nitrogen and oxygen atoms in total. The van der Waals surface area contributed by atoms with E-state index in [0.717, 1.165) is 5.56 Å². The highest BCUT2D eigenvalue weighted by atomic mass is 16.5. The molecule has 2 rings (SSSR count). The molecule has 2 aromatic rings. The van der Waals surface area contributed by atoms with Crippen molar-refractivity contribution in [2.75, 3.05) is 19.5 Å². The van der Waals surface area contributed by atoms with Crippen molar-refractivity contribution in [3.8, 4) is 6.01 Å². The number of nitrogens with zero attached hydrogens (tertiary/aromatic N) is 2. The fourth-order valence-electron chi connectivity index (χ4n) is 1.54. The van der Waals surface area contributed by atoms with Gasteiger partial charge in [0.15, 0.2) is 0 Å². The van der Waals surface area contributed by atoms with Gasteiger partial charge in [-0.3, -0.25) is 10.1 Å². The van der Waals surface area contributed by atoms with Crippen molar-refractivity contribution in [3.63, 3.8) is 0 Å². The van der Waals surface area contributed by atoms with Crippen LogP contribution in [-0.2, 0) is 11.3 Å². The Morgan fingerprint density at radius 3 is 2.95 bits per heavy atom. The lowest BCUT2D eigenvalue weighted by atomic mass is 10.1. The minimum atomic E-state index is -0.281. The third-order valence-corrected chi connectivity index (χ3v) is 2.38. The van der Waals surface area contributed by atoms with E-state index < -0.39 is 0 Å². The van der Waals surface area contributed by atoms with Gasteiger partial charge < -0.3 is 9.47 Å². The molecule has 0 spiro atoms. The molecule has 0 aliphatic heterocycles. The molecule has 1 aromatic heterocycles. The van der Waals surface area contributed by atoms with E-state index in [1.807, 2.05) is 6.07 Å². The molecule has 0 aliphatic rings. The Hall–Kier alpha value is -2.41. The Balaban J connectivity index is 2.08. The summed E-state index contributed by atoms with van der Waals surface area (Å²) in [4.78, 5) is 15.9. The number of benzene rings is 1. The molecule has 0 aliphatic carbocycles. The summed E-state index contributed by atoms with van der Waals surface area (Å²) in [5.41, 5.74) is 1.44. The smallest absolute Gasteiger partial charge is 0.336 e. The van der Waals surface area contributed by atoms with Gasteiger partial charge in [0, 0.05) is 12.7 Å². The molecule has 1 amide bonds. The maximum Gasteiger partial charge on any atom is 0.336 e. The summed E-state index contributed by atoms with van der Waals surface area (Å²) in [5.74, 6) is -0.0456. The summed E-state index contributed by atoms with van der Waals surface area (Å²) >= 11 is 0. The maximum absolute atomic E-state index is 12.0. The van der Waals surface area contributed by atoms with E-state index in [9.17, 15) is 4.79 Å². The second kappa shape index (κ2) is 5.96. The molecule has 2 N–H and O–H groups in total. The lowest BCUT2D eigenvalue weighted by Gasteiger charge is -2.04. The van der Waals surface area contributed by atoms with Crippen LogP contribution in [0.4, 0.5) is 5.95 Å². The van der Waals surface area contributed by atoms with E-state index in [1.54, 1.807) is 25.3 Å². The second-order valence-electron chi connectivity index (χ2n) is 3.76. The van der Waals surface area contributed by atoms with E-state index in [2.05, 4.69) is 20.5 Å². The van der Waals surface area contributed by atoms with E-state index in [0.29, 0.717) is 12.2 Å². The fraction of sp³-hybridized carbons (Fsp3) is 0.250. The van der Waals surface area contributed by atoms with Gasteiger partial charge in [0.2, 0.25) is 5.95 Å². The summed E-state index contributed by atoms with van der Waals surface area (Å²) < 4.78 is 9.83. The molecule has 100 valence electrons. The number of hydrogen-bond donors (Lipinski definition) is 2. The molecular formula is C12H14N4O3. The quantitative estimate of drug-likeness (QED) is 0.845. The Morgan fingerprint density at radius 2 is 2.26 bits per heavy atom. The van der Waals surface area contributed by atoms with Crippen LogP contribution in [0.5, 0.6) is 6.01 Å². The molecule has 1 heterocycles. The molecule has 7 heteroatoms. The van der Waals surface area contributed by atoms with Crippen LogP contribution < -0.4 is 10.1 Å². The molecule has 0 bridgehead atoms. The van der Waals surface area contributed by atoms with Crippen LogP contribution in [-0.4, -0.2) is 35.3 Å². The van der Waals surface area contributed by atoms with Gasteiger partial charge >= 0.3 is 6.01 Å². The first kappa shape index (κ1) is 13.0. The van der Waals surface area contributed by atoms with Crippen LogP contribution in [0.3, 0.4) is 0 Å². The summed E-state index contributed by atoms with van der Waals surface area (Å²) in [6.07, 6.45) is 0. The highest BCUT2D eigenvalue weighted by Gasteiger charge is 2.10. The van der Waals surface area contributed by atoms with Crippen LogP contribution in [0.1, 0.15) is 15.9 Å². The van der Waals surface area contributed by atoms with Crippen molar-refractivity contribution in [1.29, 1.82) is 0 Å². The van der Waals surface area contributed by atoms with Crippen LogP contribution in [0.15, 0.2) is 24.3 Å². The number of carbonyl (C=O) groups excluding carboxylic acids is 1. The molecule has 0 radical (unpaired) electrons. The van der Waals surface area contributed by atoms with Gasteiger partial charge in [0.25, 0.3) is 5.91 Å². The number of rotatable bonds is 5. The normalized spacial score (nSPS) is 10.2. The van der Waals surface area contributed by atoms with Crippen molar-refractivity contribution in [2.45, 2.75) is 6.61 Å². The first-order valence-corrected chi connectivity index (χ1v) is 5.58. The molecule has 0 fully saturated rings. The molecular weight excluding hydrogens is 248 g/mol. The molecule has 0 unspecified atom stereocenters. The van der Waals surface area contributed by atoms with Gasteiger partial charge in [0.05, 0.1) is 13.7 Å². The van der Waals surface area contributed by atoms with E-state index in [-0.39, 0.29) is 17.9 Å². The molecule has 0 saturated carbocycles. The number of amides is 1. The zero-order chi connectivity index (χ0) is 13.7. The predicted octanol–water partition coefficient (Wildman–Crippen LogP) is 1.21. The minimum absolute atomic E-state index is 0.170. The lowest BCUT2D eigenvalue weighted by molar-refractivity contribution is 0.102. The maximum atomic E-state index is 12.0. The number of carbonyl (C=O) groups is 1. The van der Waals surface area contributed by atoms with Crippen LogP contribution in [0, 0.1) is 0 Å². The number of hydrogen-bond acceptors (Lipinski definition) is 5. The topological polar surface area (TPSA) is 89.1 Å². The van der Waals surface area contributed by atoms with Gasteiger partial charge in [0.1, 0.15) is 0 Å². The SMILES string of the molecule is COCc1cccc(C(=O)Nc2nc(OC)n[nH]2)c1. The summed E-state index contributed by atoms with van der Waals surface area (Å²) in [7, 11) is 3.05. The second-order valence-corrected chi connectivity index (χ2v) is 3.76. The number of aromatic amines is 1. The monoisotopic (exact) mass is 262 g/mol. The first-order chi connectivity index (χ1) is 9.22. The summed E-state index contributed by atoms with van der Waals surface area (Å²) in [6.45, 7) is 0.456. The van der Waals surface area contributed by atoms with E-state index >= 15 is 0 Å². The third kappa shape index (κ3) is 3.29. The molecule has 0 saturated heterocycles. The van der Waals surface area contributed by atoms with Crippen molar-refractivity contribution in [3.05, 3.63) is 35.4 Å². The van der Waals surface area contributed by atoms with Gasteiger partial charge in [-0.2, -0.15) is 4.98 Å². The van der Waals surface area contributed by atoms with E-state index in [4.69, 9.17) is 9.47 Å². The van der Waals surface area contributed by atoms with Crippen molar-refractivity contribution >= 4 is 11.9 Å². The molecule has 1 aromatic carbocycles. The number of anilines is 1. The highest BCUT2D eigenvalue weighted by molar-refractivity contribution is 6.03. The van der Waals surface area contributed by atoms with Crippen molar-refractivity contribution < 1.29 is 14.3 Å². The summed E-state index contributed by atoms with van der Waals surface area (Å²) in [5, 5.41) is 8.88. The largest absolute Gasteiger partial charge is 0.466 e. The summed E-state index contributed by atoms with van der Waals surface area (Å²) in [6, 6.07) is 7.32. The van der Waals surface area contributed by atoms with Crippen molar-refractivity contribution in [2.24, 2.45) is 0 Å². The zero-order valence-corrected chi connectivity index (χ0v) is 10.6.